The van der Waals surface area contributed by atoms with Crippen LogP contribution in [0.2, 0.25) is 0 Å². The quantitative estimate of drug-likeness (QED) is 0.667. The normalized spacial score (nSPS) is 17.3. The van der Waals surface area contributed by atoms with Crippen LogP contribution in [0.5, 0.6) is 0 Å². The Morgan fingerprint density at radius 3 is 2.32 bits per heavy atom. The van der Waals surface area contributed by atoms with Gasteiger partial charge in [-0.2, -0.15) is 0 Å². The Labute approximate surface area is 184 Å². The molecule has 1 N–H and O–H groups in total. The number of ether oxygens (including phenoxy) is 1. The van der Waals surface area contributed by atoms with E-state index in [1.54, 1.807) is 12.1 Å². The molecule has 2 aliphatic carbocycles. The van der Waals surface area contributed by atoms with E-state index in [0.29, 0.717) is 23.4 Å². The van der Waals surface area contributed by atoms with E-state index >= 15 is 0 Å². The number of aryl methyl sites for hydroxylation is 2. The lowest BCUT2D eigenvalue weighted by Gasteiger charge is -2.44. The molecule has 2 aromatic carbocycles. The summed E-state index contributed by atoms with van der Waals surface area (Å²) < 4.78 is 5.56. The van der Waals surface area contributed by atoms with Crippen LogP contribution in [0.15, 0.2) is 48.0 Å². The maximum absolute atomic E-state index is 13.4. The molecule has 31 heavy (non-hydrogen) atoms. The van der Waals surface area contributed by atoms with Crippen molar-refractivity contribution in [1.82, 2.24) is 5.32 Å². The standard InChI is InChI=1S/C27H31NO3/c1-4-31-26(30)23-24(28-25(29)20-11-7-5-8-12-20)22-19(3)14-13-18(2)21(22)17-27(23)15-9-6-10-16-27/h5,7-8,11-14H,4,6,9-10,15-17H2,1-3H3,(H,28,29). The van der Waals surface area contributed by atoms with Crippen LogP contribution in [0.25, 0.3) is 5.70 Å². The molecule has 0 saturated heterocycles. The first-order chi connectivity index (χ1) is 15.0. The van der Waals surface area contributed by atoms with Crippen molar-refractivity contribution < 1.29 is 14.3 Å². The van der Waals surface area contributed by atoms with Gasteiger partial charge < -0.3 is 10.1 Å². The van der Waals surface area contributed by atoms with Gasteiger partial charge in [0.15, 0.2) is 0 Å². The number of hydrogen-bond donors (Lipinski definition) is 1. The fraction of sp³-hybridized carbons (Fsp3) is 0.407. The van der Waals surface area contributed by atoms with Gasteiger partial charge in [-0.25, -0.2) is 4.79 Å². The third-order valence-electron chi connectivity index (χ3n) is 6.87. The summed E-state index contributed by atoms with van der Waals surface area (Å²) in [5.74, 6) is -0.489. The summed E-state index contributed by atoms with van der Waals surface area (Å²) in [6, 6.07) is 13.4. The molecule has 162 valence electrons. The SMILES string of the molecule is CCOC(=O)C1=C(NC(=O)c2ccccc2)c2c(C)ccc(C)c2CC12CCCCC2. The van der Waals surface area contributed by atoms with Gasteiger partial charge in [0.05, 0.1) is 17.9 Å². The maximum atomic E-state index is 13.4. The summed E-state index contributed by atoms with van der Waals surface area (Å²) in [5, 5.41) is 3.16. The molecule has 0 aromatic heterocycles. The van der Waals surface area contributed by atoms with Crippen molar-refractivity contribution in [1.29, 1.82) is 0 Å². The van der Waals surface area contributed by atoms with Crippen molar-refractivity contribution in [2.45, 2.75) is 59.3 Å². The molecule has 1 amide bonds. The minimum absolute atomic E-state index is 0.197. The summed E-state index contributed by atoms with van der Waals surface area (Å²) in [6.07, 6.45) is 6.07. The molecule has 4 nitrogen and oxygen atoms in total. The van der Waals surface area contributed by atoms with Crippen LogP contribution < -0.4 is 5.32 Å². The zero-order valence-electron chi connectivity index (χ0n) is 18.7. The average molecular weight is 418 g/mol. The first-order valence-electron chi connectivity index (χ1n) is 11.3. The van der Waals surface area contributed by atoms with Crippen molar-refractivity contribution in [3.8, 4) is 0 Å². The van der Waals surface area contributed by atoms with Gasteiger partial charge in [0.25, 0.3) is 5.91 Å². The van der Waals surface area contributed by atoms with Crippen molar-refractivity contribution in [3.05, 3.63) is 75.9 Å². The monoisotopic (exact) mass is 417 g/mol. The summed E-state index contributed by atoms with van der Waals surface area (Å²) in [5.41, 5.74) is 6.12. The van der Waals surface area contributed by atoms with Crippen LogP contribution in [-0.4, -0.2) is 18.5 Å². The van der Waals surface area contributed by atoms with E-state index in [1.165, 1.54) is 17.5 Å². The highest BCUT2D eigenvalue weighted by molar-refractivity contribution is 6.07. The molecule has 1 fully saturated rings. The summed E-state index contributed by atoms with van der Waals surface area (Å²) in [6.45, 7) is 6.33. The molecule has 4 rings (SSSR count). The Balaban J connectivity index is 1.94. The molecule has 1 saturated carbocycles. The highest BCUT2D eigenvalue weighted by Gasteiger charge is 2.46. The van der Waals surface area contributed by atoms with Crippen LogP contribution >= 0.6 is 0 Å². The number of amides is 1. The molecule has 0 atom stereocenters. The summed E-state index contributed by atoms with van der Waals surface area (Å²) in [4.78, 5) is 26.6. The zero-order chi connectivity index (χ0) is 22.0. The highest BCUT2D eigenvalue weighted by atomic mass is 16.5. The number of nitrogens with one attached hydrogen (secondary N) is 1. The van der Waals surface area contributed by atoms with Gasteiger partial charge in [0.2, 0.25) is 0 Å². The van der Waals surface area contributed by atoms with E-state index in [1.807, 2.05) is 25.1 Å². The first kappa shape index (κ1) is 21.4. The number of benzene rings is 2. The lowest BCUT2D eigenvalue weighted by molar-refractivity contribution is -0.140. The van der Waals surface area contributed by atoms with Crippen LogP contribution in [0, 0.1) is 19.3 Å². The molecule has 4 heteroatoms. The van der Waals surface area contributed by atoms with Crippen molar-refractivity contribution >= 4 is 17.6 Å². The van der Waals surface area contributed by atoms with E-state index < -0.39 is 0 Å². The Bertz CT molecular complexity index is 1030. The smallest absolute Gasteiger partial charge is 0.336 e. The topological polar surface area (TPSA) is 55.4 Å². The fourth-order valence-corrected chi connectivity index (χ4v) is 5.34. The van der Waals surface area contributed by atoms with E-state index in [0.717, 1.165) is 43.2 Å². The van der Waals surface area contributed by atoms with E-state index in [4.69, 9.17) is 4.74 Å². The molecule has 0 heterocycles. The lowest BCUT2D eigenvalue weighted by atomic mass is 9.61. The van der Waals surface area contributed by atoms with Gasteiger partial charge in [0, 0.05) is 16.5 Å². The number of esters is 1. The van der Waals surface area contributed by atoms with Gasteiger partial charge in [-0.05, 0) is 68.9 Å². The van der Waals surface area contributed by atoms with Gasteiger partial charge >= 0.3 is 5.97 Å². The molecule has 0 bridgehead atoms. The summed E-state index contributed by atoms with van der Waals surface area (Å²) in [7, 11) is 0. The number of fused-ring (bicyclic) bond motifs is 1. The molecule has 2 aliphatic rings. The number of rotatable bonds is 4. The van der Waals surface area contributed by atoms with Crippen LogP contribution in [0.3, 0.4) is 0 Å². The van der Waals surface area contributed by atoms with E-state index in [2.05, 4.69) is 31.3 Å². The fourth-order valence-electron chi connectivity index (χ4n) is 5.34. The molecule has 2 aromatic rings. The number of carbonyl (C=O) groups is 2. The second kappa shape index (κ2) is 8.70. The zero-order valence-corrected chi connectivity index (χ0v) is 18.7. The van der Waals surface area contributed by atoms with Crippen LogP contribution in [0.4, 0.5) is 0 Å². The van der Waals surface area contributed by atoms with Crippen molar-refractivity contribution in [2.24, 2.45) is 5.41 Å². The Morgan fingerprint density at radius 1 is 0.968 bits per heavy atom. The lowest BCUT2D eigenvalue weighted by Crippen LogP contribution is -2.41. The minimum Gasteiger partial charge on any atom is -0.463 e. The van der Waals surface area contributed by atoms with E-state index in [-0.39, 0.29) is 17.3 Å². The Hall–Kier alpha value is -2.88. The number of hydrogen-bond acceptors (Lipinski definition) is 3. The Kier molecular flexibility index (Phi) is 5.99. The molecular weight excluding hydrogens is 386 g/mol. The van der Waals surface area contributed by atoms with Gasteiger partial charge in [-0.3, -0.25) is 4.79 Å². The average Bonchev–Trinajstić information content (AvgIpc) is 2.77. The molecular formula is C27H31NO3. The predicted octanol–water partition coefficient (Wildman–Crippen LogP) is 5.51. The van der Waals surface area contributed by atoms with Crippen molar-refractivity contribution in [2.75, 3.05) is 6.61 Å². The van der Waals surface area contributed by atoms with Crippen LogP contribution in [0.1, 0.15) is 71.6 Å². The second-order valence-electron chi connectivity index (χ2n) is 8.86. The van der Waals surface area contributed by atoms with Crippen molar-refractivity contribution in [3.63, 3.8) is 0 Å². The highest BCUT2D eigenvalue weighted by Crippen LogP contribution is 2.52. The predicted molar refractivity (Wildman–Crippen MR) is 123 cm³/mol. The minimum atomic E-state index is -0.292. The second-order valence-corrected chi connectivity index (χ2v) is 8.86. The van der Waals surface area contributed by atoms with Gasteiger partial charge in [-0.1, -0.05) is 49.6 Å². The maximum Gasteiger partial charge on any atom is 0.336 e. The molecule has 0 radical (unpaired) electrons. The number of carbonyl (C=O) groups excluding carboxylic acids is 2. The van der Waals surface area contributed by atoms with Gasteiger partial charge in [-0.15, -0.1) is 0 Å². The van der Waals surface area contributed by atoms with E-state index in [9.17, 15) is 9.59 Å². The Morgan fingerprint density at radius 2 is 1.65 bits per heavy atom. The third kappa shape index (κ3) is 3.91. The molecule has 1 spiro atoms. The van der Waals surface area contributed by atoms with Crippen LogP contribution in [-0.2, 0) is 16.0 Å². The van der Waals surface area contributed by atoms with Gasteiger partial charge in [0.1, 0.15) is 0 Å². The molecule has 0 aliphatic heterocycles. The largest absolute Gasteiger partial charge is 0.463 e. The summed E-state index contributed by atoms with van der Waals surface area (Å²) >= 11 is 0. The third-order valence-corrected chi connectivity index (χ3v) is 6.87. The molecule has 0 unspecified atom stereocenters. The first-order valence-corrected chi connectivity index (χ1v) is 11.3.